The van der Waals surface area contributed by atoms with Gasteiger partial charge in [-0.25, -0.2) is 0 Å². The molecule has 2 fully saturated rings. The number of aromatic nitrogens is 2. The Kier molecular flexibility index (Phi) is 4.09. The van der Waals surface area contributed by atoms with E-state index in [0.29, 0.717) is 29.4 Å². The van der Waals surface area contributed by atoms with Crippen molar-refractivity contribution in [2.45, 2.75) is 38.5 Å². The number of hydrogen-bond donors (Lipinski definition) is 0. The second-order valence-corrected chi connectivity index (χ2v) is 6.98. The van der Waals surface area contributed by atoms with Crippen LogP contribution in [0.4, 0.5) is 0 Å². The molecule has 2 atom stereocenters. The Bertz CT molecular complexity index is 686. The summed E-state index contributed by atoms with van der Waals surface area (Å²) in [6, 6.07) is 7.49. The molecule has 2 unspecified atom stereocenters. The lowest BCUT2D eigenvalue weighted by atomic mass is 10.1. The molecule has 1 aliphatic carbocycles. The van der Waals surface area contributed by atoms with Gasteiger partial charge in [0.05, 0.1) is 18.8 Å². The summed E-state index contributed by atoms with van der Waals surface area (Å²) in [5, 5.41) is 4.75. The Labute approximate surface area is 140 Å². The summed E-state index contributed by atoms with van der Waals surface area (Å²) in [6.07, 6.45) is 3.20. The molecule has 1 aromatic carbocycles. The highest BCUT2D eigenvalue weighted by atomic mass is 35.5. The molecular formula is C17H20ClN3O2. The molecule has 0 bridgehead atoms. The number of halogens is 1. The summed E-state index contributed by atoms with van der Waals surface area (Å²) < 4.78 is 11.5. The van der Waals surface area contributed by atoms with E-state index in [0.717, 1.165) is 24.6 Å². The fourth-order valence-electron chi connectivity index (χ4n) is 3.19. The standard InChI is InChI=1S/C17H20ClN3O2/c1-11-8-21(9-15(22-11)12-5-6-12)10-16-19-17(20-23-16)13-3-2-4-14(18)7-13/h2-4,7,11-12,15H,5-6,8-10H2,1H3. The predicted octanol–water partition coefficient (Wildman–Crippen LogP) is 3.39. The van der Waals surface area contributed by atoms with Crippen molar-refractivity contribution >= 4 is 11.6 Å². The number of rotatable bonds is 4. The number of nitrogens with zero attached hydrogens (tertiary/aromatic N) is 3. The predicted molar refractivity (Wildman–Crippen MR) is 87.1 cm³/mol. The molecule has 2 aromatic rings. The maximum absolute atomic E-state index is 6.04. The lowest BCUT2D eigenvalue weighted by molar-refractivity contribution is -0.0899. The van der Waals surface area contributed by atoms with Gasteiger partial charge < -0.3 is 9.26 Å². The molecule has 5 nitrogen and oxygen atoms in total. The van der Waals surface area contributed by atoms with Gasteiger partial charge in [0.25, 0.3) is 0 Å². The molecule has 23 heavy (non-hydrogen) atoms. The van der Waals surface area contributed by atoms with E-state index in [4.69, 9.17) is 20.9 Å². The van der Waals surface area contributed by atoms with Crippen molar-refractivity contribution in [3.8, 4) is 11.4 Å². The summed E-state index contributed by atoms with van der Waals surface area (Å²) in [5.74, 6) is 1.97. The first kappa shape index (κ1) is 15.1. The zero-order chi connectivity index (χ0) is 15.8. The van der Waals surface area contributed by atoms with E-state index in [1.807, 2.05) is 24.3 Å². The van der Waals surface area contributed by atoms with Crippen LogP contribution in [0.2, 0.25) is 5.02 Å². The highest BCUT2D eigenvalue weighted by Gasteiger charge is 2.37. The molecule has 1 aliphatic heterocycles. The lowest BCUT2D eigenvalue weighted by Gasteiger charge is -2.36. The third-order valence-electron chi connectivity index (χ3n) is 4.42. The van der Waals surface area contributed by atoms with Crippen LogP contribution in [0.1, 0.15) is 25.7 Å². The van der Waals surface area contributed by atoms with Crippen LogP contribution in [0, 0.1) is 5.92 Å². The van der Waals surface area contributed by atoms with Crippen LogP contribution < -0.4 is 0 Å². The summed E-state index contributed by atoms with van der Waals surface area (Å²) in [7, 11) is 0. The van der Waals surface area contributed by atoms with Crippen LogP contribution >= 0.6 is 11.6 Å². The molecule has 0 N–H and O–H groups in total. The largest absolute Gasteiger partial charge is 0.372 e. The SMILES string of the molecule is CC1CN(Cc2nc(-c3cccc(Cl)c3)no2)CC(C2CC2)O1. The molecular weight excluding hydrogens is 314 g/mol. The number of ether oxygens (including phenoxy) is 1. The zero-order valence-electron chi connectivity index (χ0n) is 13.1. The molecule has 1 saturated heterocycles. The van der Waals surface area contributed by atoms with Gasteiger partial charge in [0.2, 0.25) is 11.7 Å². The van der Waals surface area contributed by atoms with Gasteiger partial charge in [0.1, 0.15) is 0 Å². The minimum absolute atomic E-state index is 0.254. The van der Waals surface area contributed by atoms with Gasteiger partial charge in [-0.15, -0.1) is 0 Å². The lowest BCUT2D eigenvalue weighted by Crippen LogP contribution is -2.46. The molecule has 1 saturated carbocycles. The maximum atomic E-state index is 6.04. The highest BCUT2D eigenvalue weighted by Crippen LogP contribution is 2.36. The number of morpholine rings is 1. The van der Waals surface area contributed by atoms with Gasteiger partial charge in [-0.3, -0.25) is 4.90 Å². The van der Waals surface area contributed by atoms with Crippen LogP contribution in [-0.2, 0) is 11.3 Å². The Balaban J connectivity index is 1.44. The molecule has 0 spiro atoms. The van der Waals surface area contributed by atoms with E-state index in [9.17, 15) is 0 Å². The van der Waals surface area contributed by atoms with Gasteiger partial charge in [-0.2, -0.15) is 4.98 Å². The Morgan fingerprint density at radius 3 is 2.96 bits per heavy atom. The van der Waals surface area contributed by atoms with Crippen molar-refractivity contribution in [1.82, 2.24) is 15.0 Å². The van der Waals surface area contributed by atoms with Crippen molar-refractivity contribution in [3.05, 3.63) is 35.2 Å². The Morgan fingerprint density at radius 1 is 1.30 bits per heavy atom. The quantitative estimate of drug-likeness (QED) is 0.858. The first-order valence-corrected chi connectivity index (χ1v) is 8.51. The van der Waals surface area contributed by atoms with E-state index >= 15 is 0 Å². The second-order valence-electron chi connectivity index (χ2n) is 6.54. The second kappa shape index (κ2) is 6.23. The fraction of sp³-hybridized carbons (Fsp3) is 0.529. The number of benzene rings is 1. The zero-order valence-corrected chi connectivity index (χ0v) is 13.9. The molecule has 0 amide bonds. The van der Waals surface area contributed by atoms with Gasteiger partial charge in [-0.1, -0.05) is 28.9 Å². The minimum Gasteiger partial charge on any atom is -0.372 e. The average Bonchev–Trinajstić information content (AvgIpc) is 3.27. The third kappa shape index (κ3) is 3.57. The minimum atomic E-state index is 0.254. The molecule has 4 rings (SSSR count). The molecule has 122 valence electrons. The molecule has 6 heteroatoms. The van der Waals surface area contributed by atoms with Crippen LogP contribution in [0.3, 0.4) is 0 Å². The summed E-state index contributed by atoms with van der Waals surface area (Å²) in [6.45, 7) is 4.65. The van der Waals surface area contributed by atoms with Gasteiger partial charge in [-0.05, 0) is 37.8 Å². The first-order chi connectivity index (χ1) is 11.2. The Hall–Kier alpha value is -1.43. The smallest absolute Gasteiger partial charge is 0.241 e. The van der Waals surface area contributed by atoms with Gasteiger partial charge >= 0.3 is 0 Å². The van der Waals surface area contributed by atoms with Crippen LogP contribution in [0.15, 0.2) is 28.8 Å². The first-order valence-electron chi connectivity index (χ1n) is 8.14. The summed E-state index contributed by atoms with van der Waals surface area (Å²) >= 11 is 6.02. The fourth-order valence-corrected chi connectivity index (χ4v) is 3.38. The third-order valence-corrected chi connectivity index (χ3v) is 4.65. The van der Waals surface area contributed by atoms with Gasteiger partial charge in [0.15, 0.2) is 0 Å². The molecule has 2 aliphatic rings. The van der Waals surface area contributed by atoms with Crippen molar-refractivity contribution in [2.24, 2.45) is 5.92 Å². The summed E-state index contributed by atoms with van der Waals surface area (Å²) in [5.41, 5.74) is 0.874. The van der Waals surface area contributed by atoms with E-state index in [1.54, 1.807) is 0 Å². The van der Waals surface area contributed by atoms with Crippen molar-refractivity contribution < 1.29 is 9.26 Å². The van der Waals surface area contributed by atoms with Crippen molar-refractivity contribution in [3.63, 3.8) is 0 Å². The van der Waals surface area contributed by atoms with Crippen LogP contribution in [0.5, 0.6) is 0 Å². The summed E-state index contributed by atoms with van der Waals surface area (Å²) in [4.78, 5) is 6.86. The van der Waals surface area contributed by atoms with Crippen LogP contribution in [0.25, 0.3) is 11.4 Å². The highest BCUT2D eigenvalue weighted by molar-refractivity contribution is 6.30. The molecule has 1 aromatic heterocycles. The topological polar surface area (TPSA) is 51.4 Å². The Morgan fingerprint density at radius 2 is 2.17 bits per heavy atom. The molecule has 0 radical (unpaired) electrons. The number of hydrogen-bond acceptors (Lipinski definition) is 5. The average molecular weight is 334 g/mol. The normalized spacial score (nSPS) is 25.7. The van der Waals surface area contributed by atoms with E-state index in [2.05, 4.69) is 22.0 Å². The van der Waals surface area contributed by atoms with Crippen molar-refractivity contribution in [1.29, 1.82) is 0 Å². The van der Waals surface area contributed by atoms with E-state index in [-0.39, 0.29) is 6.10 Å². The molecule has 2 heterocycles. The monoisotopic (exact) mass is 333 g/mol. The van der Waals surface area contributed by atoms with Crippen molar-refractivity contribution in [2.75, 3.05) is 13.1 Å². The van der Waals surface area contributed by atoms with E-state index in [1.165, 1.54) is 12.8 Å². The maximum Gasteiger partial charge on any atom is 0.241 e. The van der Waals surface area contributed by atoms with Crippen LogP contribution in [-0.4, -0.2) is 40.3 Å². The van der Waals surface area contributed by atoms with E-state index < -0.39 is 0 Å². The van der Waals surface area contributed by atoms with Gasteiger partial charge in [0, 0.05) is 23.7 Å².